The van der Waals surface area contributed by atoms with Crippen molar-refractivity contribution >= 4 is 50.2 Å². The van der Waals surface area contributed by atoms with Crippen LogP contribution in [0.5, 0.6) is 0 Å². The lowest BCUT2D eigenvalue weighted by Crippen LogP contribution is -2.00. The molecule has 4 heteroatoms. The zero-order valence-corrected chi connectivity index (χ0v) is 12.8. The van der Waals surface area contributed by atoms with Crippen LogP contribution in [0, 0.1) is 0 Å². The smallest absolute Gasteiger partial charge is 0.0662 e. The number of anilines is 2. The Morgan fingerprint density at radius 3 is 2.24 bits per heavy atom. The van der Waals surface area contributed by atoms with Gasteiger partial charge in [-0.05, 0) is 29.8 Å². The molecule has 2 rings (SSSR count). The van der Waals surface area contributed by atoms with E-state index in [1.165, 1.54) is 5.56 Å². The first kappa shape index (κ1) is 12.7. The van der Waals surface area contributed by atoms with Crippen LogP contribution in [0.3, 0.4) is 0 Å². The summed E-state index contributed by atoms with van der Waals surface area (Å²) in [6.07, 6.45) is 0. The second kappa shape index (κ2) is 6.26. The molecule has 0 atom stereocenters. The first-order chi connectivity index (χ1) is 8.29. The normalized spacial score (nSPS) is 10.0. The van der Waals surface area contributed by atoms with Crippen molar-refractivity contribution in [2.45, 2.75) is 6.54 Å². The maximum absolute atomic E-state index is 3.43. The zero-order chi connectivity index (χ0) is 12.1. The molecule has 0 saturated heterocycles. The van der Waals surface area contributed by atoms with Gasteiger partial charge in [-0.3, -0.25) is 0 Å². The molecule has 2 aromatic rings. The third-order valence-corrected chi connectivity index (χ3v) is 3.53. The van der Waals surface area contributed by atoms with Crippen LogP contribution < -0.4 is 8.85 Å². The van der Waals surface area contributed by atoms with Crippen molar-refractivity contribution in [1.82, 2.24) is 0 Å². The summed E-state index contributed by atoms with van der Waals surface area (Å²) in [5.74, 6) is 0. The topological polar surface area (TPSA) is 24.1 Å². The lowest BCUT2D eigenvalue weighted by molar-refractivity contribution is 1.15. The van der Waals surface area contributed by atoms with Gasteiger partial charge in [-0.1, -0.05) is 40.2 Å². The van der Waals surface area contributed by atoms with E-state index in [9.17, 15) is 0 Å². The Hall–Kier alpha value is -0.750. The summed E-state index contributed by atoms with van der Waals surface area (Å²) in [6.45, 7) is 0.822. The van der Waals surface area contributed by atoms with Crippen LogP contribution in [-0.4, -0.2) is 0 Å². The summed E-state index contributed by atoms with van der Waals surface area (Å²) >= 11 is 5.57. The molecular weight excluding hydrogens is 391 g/mol. The number of hydrogen-bond acceptors (Lipinski definition) is 2. The predicted octanol–water partition coefficient (Wildman–Crippen LogP) is 4.82. The summed E-state index contributed by atoms with van der Waals surface area (Å²) < 4.78 is 4.25. The largest absolute Gasteiger partial charge is 0.379 e. The molecule has 0 unspecified atom stereocenters. The second-order valence-corrected chi connectivity index (χ2v) is 5.08. The Balaban J connectivity index is 2.04. The zero-order valence-electron chi connectivity index (χ0n) is 9.08. The van der Waals surface area contributed by atoms with Crippen molar-refractivity contribution in [2.75, 3.05) is 8.85 Å². The second-order valence-electron chi connectivity index (χ2n) is 3.62. The molecule has 0 amide bonds. The van der Waals surface area contributed by atoms with E-state index in [0.717, 1.165) is 22.4 Å². The van der Waals surface area contributed by atoms with Crippen LogP contribution in [0.15, 0.2) is 53.0 Å². The first-order valence-electron chi connectivity index (χ1n) is 5.23. The fourth-order valence-electron chi connectivity index (χ4n) is 1.52. The standard InChI is InChI=1S/C13H12BrIN2/c14-11-7-5-10(6-8-11)9-16-12-3-1-2-4-13(12)17-15/h1-8,16-17H,9H2. The summed E-state index contributed by atoms with van der Waals surface area (Å²) in [5, 5.41) is 3.42. The van der Waals surface area contributed by atoms with Crippen LogP contribution in [0.25, 0.3) is 0 Å². The molecule has 0 spiro atoms. The minimum absolute atomic E-state index is 0.822. The number of nitrogens with one attached hydrogen (secondary N) is 2. The van der Waals surface area contributed by atoms with Gasteiger partial charge in [0.2, 0.25) is 0 Å². The van der Waals surface area contributed by atoms with Crippen molar-refractivity contribution in [3.05, 3.63) is 58.6 Å². The lowest BCUT2D eigenvalue weighted by atomic mass is 10.2. The molecule has 0 aliphatic carbocycles. The van der Waals surface area contributed by atoms with E-state index in [4.69, 9.17) is 0 Å². The monoisotopic (exact) mass is 402 g/mol. The molecule has 88 valence electrons. The molecule has 17 heavy (non-hydrogen) atoms. The van der Waals surface area contributed by atoms with Gasteiger partial charge in [0.05, 0.1) is 34.2 Å². The molecule has 0 fully saturated rings. The van der Waals surface area contributed by atoms with E-state index in [0.29, 0.717) is 0 Å². The van der Waals surface area contributed by atoms with Crippen molar-refractivity contribution in [2.24, 2.45) is 0 Å². The van der Waals surface area contributed by atoms with Crippen LogP contribution >= 0.6 is 38.8 Å². The summed E-state index contributed by atoms with van der Waals surface area (Å²) in [5.41, 5.74) is 3.48. The number of halogens is 2. The molecule has 0 aromatic heterocycles. The van der Waals surface area contributed by atoms with E-state index in [2.05, 4.69) is 84.0 Å². The van der Waals surface area contributed by atoms with Gasteiger partial charge in [0, 0.05) is 11.0 Å². The molecule has 2 aromatic carbocycles. The highest BCUT2D eigenvalue weighted by molar-refractivity contribution is 14.1. The molecule has 0 aliphatic heterocycles. The van der Waals surface area contributed by atoms with Crippen molar-refractivity contribution in [1.29, 1.82) is 0 Å². The third kappa shape index (κ3) is 3.61. The van der Waals surface area contributed by atoms with Gasteiger partial charge in [-0.2, -0.15) is 0 Å². The Labute approximate surface area is 123 Å². The highest BCUT2D eigenvalue weighted by Crippen LogP contribution is 2.23. The van der Waals surface area contributed by atoms with Crippen LogP contribution in [0.2, 0.25) is 0 Å². The number of rotatable bonds is 4. The molecule has 0 radical (unpaired) electrons. The van der Waals surface area contributed by atoms with E-state index in [1.54, 1.807) is 0 Å². The minimum Gasteiger partial charge on any atom is -0.379 e. The molecule has 0 heterocycles. The van der Waals surface area contributed by atoms with Gasteiger partial charge in [0.15, 0.2) is 0 Å². The van der Waals surface area contributed by atoms with Crippen molar-refractivity contribution in [3.8, 4) is 0 Å². The van der Waals surface area contributed by atoms with Crippen molar-refractivity contribution < 1.29 is 0 Å². The number of hydrogen-bond donors (Lipinski definition) is 2. The van der Waals surface area contributed by atoms with Gasteiger partial charge < -0.3 is 8.85 Å². The van der Waals surface area contributed by atoms with Gasteiger partial charge in [0.1, 0.15) is 0 Å². The lowest BCUT2D eigenvalue weighted by Gasteiger charge is -2.10. The predicted molar refractivity (Wildman–Crippen MR) is 85.6 cm³/mol. The quantitative estimate of drug-likeness (QED) is 0.565. The van der Waals surface area contributed by atoms with Gasteiger partial charge in [-0.25, -0.2) is 0 Å². The summed E-state index contributed by atoms with van der Waals surface area (Å²) in [6, 6.07) is 16.5. The Morgan fingerprint density at radius 2 is 1.59 bits per heavy atom. The van der Waals surface area contributed by atoms with E-state index < -0.39 is 0 Å². The van der Waals surface area contributed by atoms with E-state index >= 15 is 0 Å². The first-order valence-corrected chi connectivity index (χ1v) is 7.11. The van der Waals surface area contributed by atoms with Crippen LogP contribution in [-0.2, 0) is 6.54 Å². The highest BCUT2D eigenvalue weighted by atomic mass is 127. The Morgan fingerprint density at radius 1 is 0.941 bits per heavy atom. The third-order valence-electron chi connectivity index (χ3n) is 2.43. The SMILES string of the molecule is Brc1ccc(CNc2ccccc2NI)cc1. The Bertz CT molecular complexity index is 485. The molecule has 0 aliphatic rings. The van der Waals surface area contributed by atoms with Gasteiger partial charge in [0.25, 0.3) is 0 Å². The molecule has 0 bridgehead atoms. The number of benzene rings is 2. The molecule has 0 saturated carbocycles. The molecule has 2 N–H and O–H groups in total. The van der Waals surface area contributed by atoms with Crippen molar-refractivity contribution in [3.63, 3.8) is 0 Å². The Kier molecular flexibility index (Phi) is 4.67. The van der Waals surface area contributed by atoms with Gasteiger partial charge in [-0.15, -0.1) is 0 Å². The molecule has 2 nitrogen and oxygen atoms in total. The van der Waals surface area contributed by atoms with E-state index in [1.807, 2.05) is 12.1 Å². The van der Waals surface area contributed by atoms with Crippen LogP contribution in [0.1, 0.15) is 5.56 Å². The average Bonchev–Trinajstić information content (AvgIpc) is 2.38. The minimum atomic E-state index is 0.822. The highest BCUT2D eigenvalue weighted by Gasteiger charge is 1.99. The fraction of sp³-hybridized carbons (Fsp3) is 0.0769. The fourth-order valence-corrected chi connectivity index (χ4v) is 2.25. The summed E-state index contributed by atoms with van der Waals surface area (Å²) in [4.78, 5) is 0. The van der Waals surface area contributed by atoms with Crippen LogP contribution in [0.4, 0.5) is 11.4 Å². The maximum Gasteiger partial charge on any atom is 0.0662 e. The average molecular weight is 403 g/mol. The maximum atomic E-state index is 3.43. The number of para-hydroxylation sites is 2. The summed E-state index contributed by atoms with van der Waals surface area (Å²) in [7, 11) is 0. The van der Waals surface area contributed by atoms with Gasteiger partial charge >= 0.3 is 0 Å². The van der Waals surface area contributed by atoms with E-state index in [-0.39, 0.29) is 0 Å². The molecular formula is C13H12BrIN2.